The van der Waals surface area contributed by atoms with Crippen LogP contribution in [0, 0.1) is 5.82 Å². The Balaban J connectivity index is 2.61. The number of nitrogens with one attached hydrogen (secondary N) is 1. The van der Waals surface area contributed by atoms with Gasteiger partial charge in [0.2, 0.25) is 0 Å². The van der Waals surface area contributed by atoms with Gasteiger partial charge in [-0.1, -0.05) is 6.07 Å². The van der Waals surface area contributed by atoms with Crippen molar-refractivity contribution < 1.29 is 32.6 Å². The number of alkyl halides is 3. The summed E-state index contributed by atoms with van der Waals surface area (Å²) >= 11 is 0. The number of phenolic OH excluding ortho intramolecular Hbond substituents is 2. The number of hydrogen-bond donors (Lipinski definition) is 3. The van der Waals surface area contributed by atoms with Gasteiger partial charge in [0.25, 0.3) is 0 Å². The van der Waals surface area contributed by atoms with E-state index in [4.69, 9.17) is 10.2 Å². The Morgan fingerprint density at radius 2 is 1.89 bits per heavy atom. The zero-order valence-electron chi connectivity index (χ0n) is 8.88. The fraction of sp³-hybridized carbons (Fsp3) is 0.300. The molecule has 0 unspecified atom stereocenters. The number of phenols is 2. The van der Waals surface area contributed by atoms with Crippen LogP contribution in [-0.4, -0.2) is 28.8 Å². The lowest BCUT2D eigenvalue weighted by atomic mass is 10.1. The molecule has 8 heteroatoms. The largest absolute Gasteiger partial charge is 0.504 e. The predicted molar refractivity (Wildman–Crippen MR) is 52.5 cm³/mol. The highest BCUT2D eigenvalue weighted by atomic mass is 19.4. The van der Waals surface area contributed by atoms with Crippen LogP contribution in [0.2, 0.25) is 0 Å². The number of benzene rings is 1. The fourth-order valence-corrected chi connectivity index (χ4v) is 1.20. The highest BCUT2D eigenvalue weighted by molar-refractivity contribution is 5.81. The van der Waals surface area contributed by atoms with Crippen molar-refractivity contribution in [1.82, 2.24) is 5.32 Å². The standard InChI is InChI=1S/C10H9F4NO3/c11-7-5(1-2-6(16)8(7)17)3-4-15-9(18)10(12,13)14/h1-2,16-17H,3-4H2,(H,15,18). The average Bonchev–Trinajstić information content (AvgIpc) is 2.27. The number of carbonyl (C=O) groups excluding carboxylic acids is 1. The Bertz CT molecular complexity index is 459. The second kappa shape index (κ2) is 5.11. The van der Waals surface area contributed by atoms with Crippen molar-refractivity contribution in [3.8, 4) is 11.5 Å². The molecule has 0 atom stereocenters. The van der Waals surface area contributed by atoms with Crippen molar-refractivity contribution in [2.45, 2.75) is 12.6 Å². The summed E-state index contributed by atoms with van der Waals surface area (Å²) in [6.45, 7) is -0.445. The normalized spacial score (nSPS) is 11.3. The summed E-state index contributed by atoms with van der Waals surface area (Å²) < 4.78 is 48.7. The minimum Gasteiger partial charge on any atom is -0.504 e. The SMILES string of the molecule is O=C(NCCc1ccc(O)c(O)c1F)C(F)(F)F. The Morgan fingerprint density at radius 1 is 1.28 bits per heavy atom. The molecule has 0 saturated carbocycles. The van der Waals surface area contributed by atoms with Crippen LogP contribution in [0.25, 0.3) is 0 Å². The second-order valence-electron chi connectivity index (χ2n) is 3.41. The molecule has 1 rings (SSSR count). The fourth-order valence-electron chi connectivity index (χ4n) is 1.20. The lowest BCUT2D eigenvalue weighted by molar-refractivity contribution is -0.173. The second-order valence-corrected chi connectivity index (χ2v) is 3.41. The third-order valence-electron chi connectivity index (χ3n) is 2.11. The van der Waals surface area contributed by atoms with Gasteiger partial charge in [0.1, 0.15) is 0 Å². The first-order chi connectivity index (χ1) is 8.23. The van der Waals surface area contributed by atoms with E-state index >= 15 is 0 Å². The number of carbonyl (C=O) groups is 1. The van der Waals surface area contributed by atoms with E-state index in [0.717, 1.165) is 12.1 Å². The van der Waals surface area contributed by atoms with Gasteiger partial charge < -0.3 is 15.5 Å². The third kappa shape index (κ3) is 3.25. The first-order valence-electron chi connectivity index (χ1n) is 4.78. The molecule has 1 aromatic rings. The van der Waals surface area contributed by atoms with Crippen LogP contribution in [0.1, 0.15) is 5.56 Å². The lowest BCUT2D eigenvalue weighted by Gasteiger charge is -2.09. The summed E-state index contributed by atoms with van der Waals surface area (Å²) in [5, 5.41) is 19.5. The van der Waals surface area contributed by atoms with Gasteiger partial charge in [-0.05, 0) is 18.1 Å². The molecule has 3 N–H and O–H groups in total. The molecule has 0 aliphatic rings. The average molecular weight is 267 g/mol. The summed E-state index contributed by atoms with van der Waals surface area (Å²) in [7, 11) is 0. The molecule has 0 aromatic heterocycles. The van der Waals surface area contributed by atoms with Crippen molar-refractivity contribution in [2.24, 2.45) is 0 Å². The van der Waals surface area contributed by atoms with Gasteiger partial charge >= 0.3 is 12.1 Å². The van der Waals surface area contributed by atoms with Gasteiger partial charge in [0, 0.05) is 6.54 Å². The van der Waals surface area contributed by atoms with Gasteiger partial charge in [-0.15, -0.1) is 0 Å². The minimum absolute atomic E-state index is 0.118. The van der Waals surface area contributed by atoms with E-state index in [-0.39, 0.29) is 12.0 Å². The molecule has 100 valence electrons. The quantitative estimate of drug-likeness (QED) is 0.573. The highest BCUT2D eigenvalue weighted by Gasteiger charge is 2.38. The predicted octanol–water partition coefficient (Wildman–Crippen LogP) is 1.46. The molecule has 0 saturated heterocycles. The van der Waals surface area contributed by atoms with E-state index < -0.39 is 35.9 Å². The summed E-state index contributed by atoms with van der Waals surface area (Å²) in [6.07, 6.45) is -5.24. The van der Waals surface area contributed by atoms with Crippen LogP contribution in [0.3, 0.4) is 0 Å². The number of amides is 1. The first-order valence-corrected chi connectivity index (χ1v) is 4.78. The zero-order valence-corrected chi connectivity index (χ0v) is 8.88. The van der Waals surface area contributed by atoms with E-state index in [1.54, 1.807) is 5.32 Å². The Hall–Kier alpha value is -1.99. The molecule has 0 fully saturated rings. The Labute approximate surface area is 98.9 Å². The first kappa shape index (κ1) is 14.1. The molecule has 0 spiro atoms. The maximum absolute atomic E-state index is 13.3. The monoisotopic (exact) mass is 267 g/mol. The zero-order chi connectivity index (χ0) is 13.9. The Kier molecular flexibility index (Phi) is 4.00. The molecular formula is C10H9F4NO3. The van der Waals surface area contributed by atoms with Crippen LogP contribution in [-0.2, 0) is 11.2 Å². The maximum Gasteiger partial charge on any atom is 0.471 e. The van der Waals surface area contributed by atoms with E-state index in [0.29, 0.717) is 0 Å². The van der Waals surface area contributed by atoms with Crippen LogP contribution < -0.4 is 5.32 Å². The molecule has 1 aromatic carbocycles. The lowest BCUT2D eigenvalue weighted by Crippen LogP contribution is -2.37. The maximum atomic E-state index is 13.3. The molecule has 4 nitrogen and oxygen atoms in total. The van der Waals surface area contributed by atoms with Gasteiger partial charge in [0.15, 0.2) is 17.3 Å². The molecular weight excluding hydrogens is 258 g/mol. The Morgan fingerprint density at radius 3 is 2.44 bits per heavy atom. The minimum atomic E-state index is -4.99. The molecule has 0 bridgehead atoms. The van der Waals surface area contributed by atoms with E-state index in [2.05, 4.69) is 0 Å². The third-order valence-corrected chi connectivity index (χ3v) is 2.11. The van der Waals surface area contributed by atoms with Crippen LogP contribution in [0.4, 0.5) is 17.6 Å². The van der Waals surface area contributed by atoms with E-state index in [1.165, 1.54) is 0 Å². The summed E-state index contributed by atoms with van der Waals surface area (Å²) in [6, 6.07) is 2.10. The number of hydrogen-bond acceptors (Lipinski definition) is 3. The molecule has 0 heterocycles. The summed E-state index contributed by atoms with van der Waals surface area (Å²) in [5.41, 5.74) is -0.118. The van der Waals surface area contributed by atoms with Gasteiger partial charge in [0.05, 0.1) is 0 Å². The van der Waals surface area contributed by atoms with E-state index in [9.17, 15) is 22.4 Å². The molecule has 18 heavy (non-hydrogen) atoms. The van der Waals surface area contributed by atoms with Crippen LogP contribution >= 0.6 is 0 Å². The van der Waals surface area contributed by atoms with Crippen molar-refractivity contribution >= 4 is 5.91 Å². The highest BCUT2D eigenvalue weighted by Crippen LogP contribution is 2.29. The molecule has 0 aliphatic carbocycles. The topological polar surface area (TPSA) is 69.6 Å². The van der Waals surface area contributed by atoms with Crippen LogP contribution in [0.5, 0.6) is 11.5 Å². The summed E-state index contributed by atoms with van der Waals surface area (Å²) in [4.78, 5) is 10.4. The molecule has 1 amide bonds. The van der Waals surface area contributed by atoms with E-state index in [1.807, 2.05) is 0 Å². The van der Waals surface area contributed by atoms with Gasteiger partial charge in [-0.3, -0.25) is 4.79 Å². The molecule has 0 aliphatic heterocycles. The van der Waals surface area contributed by atoms with Crippen molar-refractivity contribution in [1.29, 1.82) is 0 Å². The smallest absolute Gasteiger partial charge is 0.471 e. The molecule has 0 radical (unpaired) electrons. The van der Waals surface area contributed by atoms with Gasteiger partial charge in [-0.25, -0.2) is 4.39 Å². The number of halogens is 4. The summed E-state index contributed by atoms with van der Waals surface area (Å²) in [5.74, 6) is -4.90. The number of aromatic hydroxyl groups is 2. The van der Waals surface area contributed by atoms with Crippen molar-refractivity contribution in [2.75, 3.05) is 6.54 Å². The van der Waals surface area contributed by atoms with Crippen molar-refractivity contribution in [3.05, 3.63) is 23.5 Å². The van der Waals surface area contributed by atoms with Crippen molar-refractivity contribution in [3.63, 3.8) is 0 Å². The van der Waals surface area contributed by atoms with Crippen LogP contribution in [0.15, 0.2) is 12.1 Å². The van der Waals surface area contributed by atoms with Gasteiger partial charge in [-0.2, -0.15) is 13.2 Å². The number of rotatable bonds is 3.